The predicted octanol–water partition coefficient (Wildman–Crippen LogP) is 0.462. The van der Waals surface area contributed by atoms with Crippen LogP contribution in [0.3, 0.4) is 0 Å². The van der Waals surface area contributed by atoms with Crippen LogP contribution in [0.2, 0.25) is 0 Å². The summed E-state index contributed by atoms with van der Waals surface area (Å²) in [7, 11) is 1.58. The molecule has 0 atom stereocenters. The highest BCUT2D eigenvalue weighted by Gasteiger charge is 2.20. The first-order valence-electron chi connectivity index (χ1n) is 2.41. The van der Waals surface area contributed by atoms with Gasteiger partial charge in [-0.2, -0.15) is 0 Å². The highest BCUT2D eigenvalue weighted by Crippen LogP contribution is 2.13. The van der Waals surface area contributed by atoms with Crippen molar-refractivity contribution >= 4 is 12.4 Å². The van der Waals surface area contributed by atoms with Crippen LogP contribution in [0.5, 0.6) is 0 Å². The second-order valence-electron chi connectivity index (χ2n) is 1.69. The zero-order chi connectivity index (χ0) is 6.04. The fourth-order valence-electron chi connectivity index (χ4n) is 0.482. The van der Waals surface area contributed by atoms with Crippen molar-refractivity contribution in [2.24, 2.45) is 9.98 Å². The van der Waals surface area contributed by atoms with Crippen LogP contribution >= 0.6 is 0 Å². The molecule has 3 heteroatoms. The molecule has 0 aromatic carbocycles. The second-order valence-corrected chi connectivity index (χ2v) is 1.69. The predicted molar refractivity (Wildman–Crippen MR) is 32.4 cm³/mol. The topological polar surface area (TPSA) is 34.0 Å². The van der Waals surface area contributed by atoms with Gasteiger partial charge in [0.25, 0.3) is 5.85 Å². The lowest BCUT2D eigenvalue weighted by atomic mass is 10.5. The summed E-state index contributed by atoms with van der Waals surface area (Å²) >= 11 is 0. The van der Waals surface area contributed by atoms with E-state index < -0.39 is 5.85 Å². The van der Waals surface area contributed by atoms with Gasteiger partial charge in [0.2, 0.25) is 0 Å². The van der Waals surface area contributed by atoms with Gasteiger partial charge in [-0.15, -0.1) is 0 Å². The molecule has 0 radical (unpaired) electrons. The first-order chi connectivity index (χ1) is 3.77. The van der Waals surface area contributed by atoms with Crippen LogP contribution in [0.15, 0.2) is 9.98 Å². The second kappa shape index (κ2) is 1.67. The van der Waals surface area contributed by atoms with Crippen LogP contribution in [0.4, 0.5) is 0 Å². The van der Waals surface area contributed by atoms with Crippen molar-refractivity contribution < 1.29 is 4.74 Å². The minimum atomic E-state index is -0.625. The maximum atomic E-state index is 4.90. The van der Waals surface area contributed by atoms with Crippen molar-refractivity contribution in [2.75, 3.05) is 7.11 Å². The molecule has 1 heterocycles. The molecule has 0 saturated heterocycles. The van der Waals surface area contributed by atoms with Gasteiger partial charge < -0.3 is 4.74 Å². The summed E-state index contributed by atoms with van der Waals surface area (Å²) < 4.78 is 4.90. The Morgan fingerprint density at radius 2 is 1.88 bits per heavy atom. The van der Waals surface area contributed by atoms with Crippen molar-refractivity contribution in [3.8, 4) is 0 Å². The third-order valence-corrected chi connectivity index (χ3v) is 1.08. The van der Waals surface area contributed by atoms with Gasteiger partial charge in [-0.25, -0.2) is 9.98 Å². The lowest BCUT2D eigenvalue weighted by Gasteiger charge is -2.12. The molecule has 1 rings (SSSR count). The smallest absolute Gasteiger partial charge is 0.253 e. The standard InChI is InChI=1S/C5H8N2O/c1-5(8-2)6-3-4-7-5/h3-4H,1-2H3. The monoisotopic (exact) mass is 112 g/mol. The van der Waals surface area contributed by atoms with Gasteiger partial charge in [0.1, 0.15) is 0 Å². The average molecular weight is 112 g/mol. The minimum absolute atomic E-state index is 0.625. The molecule has 0 aliphatic carbocycles. The Morgan fingerprint density at radius 3 is 2.12 bits per heavy atom. The molecule has 0 amide bonds. The van der Waals surface area contributed by atoms with Gasteiger partial charge in [0.15, 0.2) is 0 Å². The van der Waals surface area contributed by atoms with Crippen molar-refractivity contribution in [3.63, 3.8) is 0 Å². The number of nitrogens with zero attached hydrogens (tertiary/aromatic N) is 2. The van der Waals surface area contributed by atoms with E-state index in [1.807, 2.05) is 0 Å². The molecule has 0 spiro atoms. The van der Waals surface area contributed by atoms with Gasteiger partial charge in [-0.05, 0) is 0 Å². The number of rotatable bonds is 1. The zero-order valence-electron chi connectivity index (χ0n) is 4.96. The molecule has 0 aromatic heterocycles. The number of ether oxygens (including phenoxy) is 1. The lowest BCUT2D eigenvalue weighted by molar-refractivity contribution is 0.0256. The van der Waals surface area contributed by atoms with Crippen LogP contribution in [0.25, 0.3) is 0 Å². The number of aliphatic imine (C=N–C) groups is 2. The summed E-state index contributed by atoms with van der Waals surface area (Å²) in [6.45, 7) is 1.80. The molecule has 0 aromatic rings. The maximum absolute atomic E-state index is 4.90. The summed E-state index contributed by atoms with van der Waals surface area (Å²) in [6.07, 6.45) is 3.26. The quantitative estimate of drug-likeness (QED) is 0.485. The van der Waals surface area contributed by atoms with Crippen molar-refractivity contribution in [2.45, 2.75) is 12.8 Å². The van der Waals surface area contributed by atoms with Gasteiger partial charge in [0.05, 0.1) is 0 Å². The van der Waals surface area contributed by atoms with Crippen LogP contribution in [0.1, 0.15) is 6.92 Å². The molecular formula is C5H8N2O. The maximum Gasteiger partial charge on any atom is 0.253 e. The van der Waals surface area contributed by atoms with Gasteiger partial charge >= 0.3 is 0 Å². The van der Waals surface area contributed by atoms with Crippen molar-refractivity contribution in [1.82, 2.24) is 0 Å². The fraction of sp³-hybridized carbons (Fsp3) is 0.600. The summed E-state index contributed by atoms with van der Waals surface area (Å²) in [5.41, 5.74) is 0. The Balaban J connectivity index is 2.69. The number of methoxy groups -OCH3 is 1. The molecule has 44 valence electrons. The van der Waals surface area contributed by atoms with E-state index in [4.69, 9.17) is 4.74 Å². The summed E-state index contributed by atoms with van der Waals surface area (Å²) in [5, 5.41) is 0. The van der Waals surface area contributed by atoms with Gasteiger partial charge in [-0.3, -0.25) is 0 Å². The Labute approximate surface area is 48.1 Å². The molecule has 0 N–H and O–H groups in total. The van der Waals surface area contributed by atoms with Crippen molar-refractivity contribution in [3.05, 3.63) is 0 Å². The molecule has 1 aliphatic heterocycles. The summed E-state index contributed by atoms with van der Waals surface area (Å²) in [6, 6.07) is 0. The Morgan fingerprint density at radius 1 is 1.38 bits per heavy atom. The first-order valence-corrected chi connectivity index (χ1v) is 2.41. The Bertz CT molecular complexity index is 127. The van der Waals surface area contributed by atoms with Crippen LogP contribution < -0.4 is 0 Å². The lowest BCUT2D eigenvalue weighted by Crippen LogP contribution is -2.17. The van der Waals surface area contributed by atoms with Crippen LogP contribution in [-0.2, 0) is 4.74 Å². The molecule has 0 fully saturated rings. The number of hydrogen-bond acceptors (Lipinski definition) is 3. The minimum Gasteiger partial charge on any atom is -0.339 e. The van der Waals surface area contributed by atoms with Gasteiger partial charge in [-0.1, -0.05) is 0 Å². The Kier molecular flexibility index (Phi) is 1.13. The van der Waals surface area contributed by atoms with Crippen LogP contribution in [-0.4, -0.2) is 25.4 Å². The summed E-state index contributed by atoms with van der Waals surface area (Å²) in [4.78, 5) is 7.83. The third-order valence-electron chi connectivity index (χ3n) is 1.08. The molecule has 0 saturated carbocycles. The number of hydrogen-bond donors (Lipinski definition) is 0. The van der Waals surface area contributed by atoms with Crippen molar-refractivity contribution in [1.29, 1.82) is 0 Å². The Hall–Kier alpha value is -0.700. The fourth-order valence-corrected chi connectivity index (χ4v) is 0.482. The molecular weight excluding hydrogens is 104 g/mol. The van der Waals surface area contributed by atoms with E-state index in [-0.39, 0.29) is 0 Å². The van der Waals surface area contributed by atoms with E-state index in [0.29, 0.717) is 0 Å². The third kappa shape index (κ3) is 0.767. The van der Waals surface area contributed by atoms with E-state index >= 15 is 0 Å². The SMILES string of the molecule is COC1(C)N=CC=N1. The van der Waals surface area contributed by atoms with E-state index in [9.17, 15) is 0 Å². The van der Waals surface area contributed by atoms with E-state index in [2.05, 4.69) is 9.98 Å². The average Bonchev–Trinajstić information content (AvgIpc) is 2.17. The van der Waals surface area contributed by atoms with Gasteiger partial charge in [0, 0.05) is 26.5 Å². The molecule has 1 aliphatic rings. The molecule has 8 heavy (non-hydrogen) atoms. The van der Waals surface area contributed by atoms with E-state index in [1.165, 1.54) is 0 Å². The van der Waals surface area contributed by atoms with E-state index in [1.54, 1.807) is 26.5 Å². The molecule has 0 bridgehead atoms. The van der Waals surface area contributed by atoms with E-state index in [0.717, 1.165) is 0 Å². The largest absolute Gasteiger partial charge is 0.339 e. The molecule has 0 unspecified atom stereocenters. The molecule has 3 nitrogen and oxygen atoms in total. The van der Waals surface area contributed by atoms with Crippen LogP contribution in [0, 0.1) is 0 Å². The zero-order valence-corrected chi connectivity index (χ0v) is 4.96. The summed E-state index contributed by atoms with van der Waals surface area (Å²) in [5.74, 6) is -0.625. The highest BCUT2D eigenvalue weighted by atomic mass is 16.5. The normalized spacial score (nSPS) is 22.2. The first kappa shape index (κ1) is 5.44. The highest BCUT2D eigenvalue weighted by molar-refractivity contribution is 6.17.